The zero-order valence-corrected chi connectivity index (χ0v) is 19.9. The quantitative estimate of drug-likeness (QED) is 0.474. The van der Waals surface area contributed by atoms with Crippen LogP contribution in [-0.2, 0) is 4.74 Å². The summed E-state index contributed by atoms with van der Waals surface area (Å²) < 4.78 is 13.5. The van der Waals surface area contributed by atoms with Crippen molar-refractivity contribution in [3.63, 3.8) is 0 Å². The molecular formula is C28H32N2O4. The number of para-hydroxylation sites is 2. The van der Waals surface area contributed by atoms with Crippen LogP contribution in [0.15, 0.2) is 65.5 Å². The van der Waals surface area contributed by atoms with E-state index in [4.69, 9.17) is 9.47 Å². The average Bonchev–Trinajstić information content (AvgIpc) is 3.06. The number of carbonyl (C=O) groups is 1. The minimum atomic E-state index is -0.504. The molecule has 0 spiro atoms. The van der Waals surface area contributed by atoms with Crippen molar-refractivity contribution in [1.82, 2.24) is 9.47 Å². The van der Waals surface area contributed by atoms with E-state index in [0.717, 1.165) is 48.9 Å². The molecule has 2 aliphatic rings. The summed E-state index contributed by atoms with van der Waals surface area (Å²) in [6, 6.07) is 20.0. The van der Waals surface area contributed by atoms with Gasteiger partial charge in [-0.15, -0.1) is 0 Å². The molecule has 0 N–H and O–H groups in total. The summed E-state index contributed by atoms with van der Waals surface area (Å²) in [5, 5.41) is 0.871. The van der Waals surface area contributed by atoms with Gasteiger partial charge in [-0.2, -0.15) is 0 Å². The Morgan fingerprint density at radius 2 is 1.68 bits per heavy atom. The fourth-order valence-electron chi connectivity index (χ4n) is 5.63. The van der Waals surface area contributed by atoms with Gasteiger partial charge in [0.1, 0.15) is 24.0 Å². The van der Waals surface area contributed by atoms with E-state index < -0.39 is 5.97 Å². The Kier molecular flexibility index (Phi) is 6.42. The largest absolute Gasteiger partial charge is 0.492 e. The molecule has 2 aliphatic heterocycles. The van der Waals surface area contributed by atoms with E-state index >= 15 is 0 Å². The van der Waals surface area contributed by atoms with Gasteiger partial charge in [0, 0.05) is 37.5 Å². The molecule has 3 atom stereocenters. The molecular weight excluding hydrogens is 428 g/mol. The number of piperidine rings is 1. The van der Waals surface area contributed by atoms with Gasteiger partial charge in [0.15, 0.2) is 0 Å². The van der Waals surface area contributed by atoms with Crippen LogP contribution in [0, 0.1) is 0 Å². The fraction of sp³-hybridized carbons (Fsp3) is 0.429. The SMILES string of the molecule is CC(C)n1c(=O)c(C(=O)OC2C[C@H]3CC[C@@H](C2)N3CCOc2ccccc2)cc2ccccc21. The summed E-state index contributed by atoms with van der Waals surface area (Å²) in [5.41, 5.74) is 0.679. The van der Waals surface area contributed by atoms with E-state index in [1.807, 2.05) is 68.4 Å². The van der Waals surface area contributed by atoms with Gasteiger partial charge < -0.3 is 14.0 Å². The molecule has 6 heteroatoms. The van der Waals surface area contributed by atoms with Crippen molar-refractivity contribution in [2.45, 2.75) is 63.8 Å². The van der Waals surface area contributed by atoms with Crippen molar-refractivity contribution >= 4 is 16.9 Å². The number of pyridine rings is 1. The van der Waals surface area contributed by atoms with Gasteiger partial charge in [-0.25, -0.2) is 4.79 Å². The Labute approximate surface area is 200 Å². The highest BCUT2D eigenvalue weighted by Gasteiger charge is 2.42. The minimum Gasteiger partial charge on any atom is -0.492 e. The van der Waals surface area contributed by atoms with Crippen molar-refractivity contribution in [3.8, 4) is 5.75 Å². The van der Waals surface area contributed by atoms with Crippen LogP contribution in [0.5, 0.6) is 5.75 Å². The lowest BCUT2D eigenvalue weighted by molar-refractivity contribution is -0.00859. The normalized spacial score (nSPS) is 22.3. The summed E-state index contributed by atoms with van der Waals surface area (Å²) in [6.07, 6.45) is 3.68. The molecule has 0 radical (unpaired) electrons. The highest BCUT2D eigenvalue weighted by atomic mass is 16.5. The Hall–Kier alpha value is -3.12. The van der Waals surface area contributed by atoms with Crippen LogP contribution in [0.3, 0.4) is 0 Å². The summed E-state index contributed by atoms with van der Waals surface area (Å²) in [6.45, 7) is 5.43. The fourth-order valence-corrected chi connectivity index (χ4v) is 5.63. The first-order valence-electron chi connectivity index (χ1n) is 12.3. The lowest BCUT2D eigenvalue weighted by atomic mass is 9.99. The third-order valence-electron chi connectivity index (χ3n) is 7.16. The Morgan fingerprint density at radius 3 is 2.38 bits per heavy atom. The summed E-state index contributed by atoms with van der Waals surface area (Å²) in [7, 11) is 0. The van der Waals surface area contributed by atoms with Crippen LogP contribution in [0.25, 0.3) is 10.9 Å². The van der Waals surface area contributed by atoms with E-state index in [1.165, 1.54) is 0 Å². The van der Waals surface area contributed by atoms with Crippen molar-refractivity contribution in [1.29, 1.82) is 0 Å². The van der Waals surface area contributed by atoms with Crippen LogP contribution in [0.4, 0.5) is 0 Å². The number of nitrogens with zero attached hydrogens (tertiary/aromatic N) is 2. The van der Waals surface area contributed by atoms with E-state index in [2.05, 4.69) is 4.90 Å². The number of fused-ring (bicyclic) bond motifs is 3. The van der Waals surface area contributed by atoms with Gasteiger partial charge >= 0.3 is 5.97 Å². The van der Waals surface area contributed by atoms with Gasteiger partial charge in [0.05, 0.1) is 5.52 Å². The molecule has 5 rings (SSSR count). The molecule has 2 bridgehead atoms. The van der Waals surface area contributed by atoms with Crippen LogP contribution in [0.1, 0.15) is 55.9 Å². The second-order valence-electron chi connectivity index (χ2n) is 9.67. The maximum Gasteiger partial charge on any atom is 0.344 e. The summed E-state index contributed by atoms with van der Waals surface area (Å²) in [5.74, 6) is 0.386. The average molecular weight is 461 g/mol. The number of hydrogen-bond acceptors (Lipinski definition) is 5. The number of ether oxygens (including phenoxy) is 2. The summed E-state index contributed by atoms with van der Waals surface area (Å²) >= 11 is 0. The molecule has 0 saturated carbocycles. The maximum absolute atomic E-state index is 13.2. The molecule has 1 aromatic heterocycles. The molecule has 0 aliphatic carbocycles. The Balaban J connectivity index is 1.25. The van der Waals surface area contributed by atoms with Gasteiger partial charge in [-0.3, -0.25) is 9.69 Å². The van der Waals surface area contributed by atoms with Crippen LogP contribution < -0.4 is 10.3 Å². The molecule has 34 heavy (non-hydrogen) atoms. The monoisotopic (exact) mass is 460 g/mol. The molecule has 6 nitrogen and oxygen atoms in total. The zero-order chi connectivity index (χ0) is 23.7. The number of hydrogen-bond donors (Lipinski definition) is 0. The molecule has 3 aromatic rings. The van der Waals surface area contributed by atoms with Gasteiger partial charge in [-0.1, -0.05) is 36.4 Å². The Bertz CT molecular complexity index is 1210. The third kappa shape index (κ3) is 4.47. The number of benzene rings is 2. The van der Waals surface area contributed by atoms with Gasteiger partial charge in [0.2, 0.25) is 0 Å². The number of rotatable bonds is 7. The van der Waals surface area contributed by atoms with Crippen molar-refractivity contribution < 1.29 is 14.3 Å². The number of carbonyl (C=O) groups excluding carboxylic acids is 1. The van der Waals surface area contributed by atoms with Crippen molar-refractivity contribution in [2.24, 2.45) is 0 Å². The van der Waals surface area contributed by atoms with Gasteiger partial charge in [0.25, 0.3) is 5.56 Å². The van der Waals surface area contributed by atoms with E-state index in [0.29, 0.717) is 18.7 Å². The predicted octanol–water partition coefficient (Wildman–Crippen LogP) is 4.81. The number of esters is 1. The maximum atomic E-state index is 13.2. The molecule has 178 valence electrons. The molecule has 2 aromatic carbocycles. The van der Waals surface area contributed by atoms with E-state index in [9.17, 15) is 9.59 Å². The lowest BCUT2D eigenvalue weighted by Gasteiger charge is -2.38. The van der Waals surface area contributed by atoms with E-state index in [-0.39, 0.29) is 23.3 Å². The molecule has 2 saturated heterocycles. The first kappa shape index (κ1) is 22.7. The summed E-state index contributed by atoms with van der Waals surface area (Å²) in [4.78, 5) is 28.8. The Morgan fingerprint density at radius 1 is 1.00 bits per heavy atom. The van der Waals surface area contributed by atoms with Crippen molar-refractivity contribution in [2.75, 3.05) is 13.2 Å². The standard InChI is InChI=1S/C28H32N2O4/c1-19(2)30-26-11-7-6-8-20(26)16-25(27(30)31)28(32)34-24-17-21-12-13-22(18-24)29(21)14-15-33-23-9-4-3-5-10-23/h3-11,16,19,21-22,24H,12-15,17-18H2,1-2H3/t21-,22+,24?. The van der Waals surface area contributed by atoms with Crippen LogP contribution in [-0.4, -0.2) is 46.8 Å². The first-order chi connectivity index (χ1) is 16.5. The molecule has 3 heterocycles. The van der Waals surface area contributed by atoms with E-state index in [1.54, 1.807) is 10.6 Å². The molecule has 2 fully saturated rings. The zero-order valence-electron chi connectivity index (χ0n) is 19.9. The van der Waals surface area contributed by atoms with Gasteiger partial charge in [-0.05, 0) is 56.3 Å². The highest BCUT2D eigenvalue weighted by Crippen LogP contribution is 2.37. The highest BCUT2D eigenvalue weighted by molar-refractivity contribution is 5.94. The number of aromatic nitrogens is 1. The lowest BCUT2D eigenvalue weighted by Crippen LogP contribution is -2.47. The molecule has 1 unspecified atom stereocenters. The van der Waals surface area contributed by atoms with Crippen LogP contribution >= 0.6 is 0 Å². The minimum absolute atomic E-state index is 0.0534. The van der Waals surface area contributed by atoms with Crippen LogP contribution in [0.2, 0.25) is 0 Å². The topological polar surface area (TPSA) is 60.8 Å². The van der Waals surface area contributed by atoms with Crippen molar-refractivity contribution in [3.05, 3.63) is 76.6 Å². The second kappa shape index (κ2) is 9.63. The predicted molar refractivity (Wildman–Crippen MR) is 132 cm³/mol. The third-order valence-corrected chi connectivity index (χ3v) is 7.16. The molecule has 0 amide bonds. The first-order valence-corrected chi connectivity index (χ1v) is 12.3. The smallest absolute Gasteiger partial charge is 0.344 e. The second-order valence-corrected chi connectivity index (χ2v) is 9.67.